The molecule has 3 N–H and O–H groups in total. The fourth-order valence-electron chi connectivity index (χ4n) is 2.73. The Hall–Kier alpha value is -3.10. The summed E-state index contributed by atoms with van der Waals surface area (Å²) in [6.45, 7) is 0. The molecule has 0 saturated carbocycles. The first-order valence-electron chi connectivity index (χ1n) is 7.09. The van der Waals surface area contributed by atoms with Crippen LogP contribution >= 0.6 is 11.3 Å². The molecule has 0 spiro atoms. The maximum absolute atomic E-state index is 9.42. The van der Waals surface area contributed by atoms with Gasteiger partial charge in [0.15, 0.2) is 0 Å². The van der Waals surface area contributed by atoms with Crippen molar-refractivity contribution in [2.75, 3.05) is 5.73 Å². The van der Waals surface area contributed by atoms with Gasteiger partial charge in [-0.25, -0.2) is 4.98 Å². The van der Waals surface area contributed by atoms with Crippen LogP contribution < -0.4 is 5.73 Å². The molecule has 110 valence electrons. The summed E-state index contributed by atoms with van der Waals surface area (Å²) in [5.74, 6) is 0.263. The molecule has 0 aliphatic carbocycles. The Bertz CT molecular complexity index is 1040. The van der Waals surface area contributed by atoms with E-state index in [-0.39, 0.29) is 5.82 Å². The highest BCUT2D eigenvalue weighted by molar-refractivity contribution is 7.13. The van der Waals surface area contributed by atoms with Gasteiger partial charge >= 0.3 is 0 Å². The smallest absolute Gasteiger partial charge is 0.142 e. The van der Waals surface area contributed by atoms with E-state index in [0.717, 1.165) is 32.6 Å². The van der Waals surface area contributed by atoms with Crippen LogP contribution in [0.15, 0.2) is 54.0 Å². The van der Waals surface area contributed by atoms with Crippen LogP contribution in [0.2, 0.25) is 0 Å². The van der Waals surface area contributed by atoms with Crippen molar-refractivity contribution in [3.05, 3.63) is 59.6 Å². The predicted octanol–water partition coefficient (Wildman–Crippen LogP) is 4.41. The number of rotatable bonds is 2. The standard InChI is InChI=1S/C18H12N4S/c19-9-13-12(17-6-3-7-23-17)8-16(22-18(13)20)14-10-21-15-5-2-1-4-11(14)15/h1-8,10,21H,(H2,20,22). The van der Waals surface area contributed by atoms with Crippen LogP contribution in [0.5, 0.6) is 0 Å². The quantitative estimate of drug-likeness (QED) is 0.575. The first kappa shape index (κ1) is 13.6. The van der Waals surface area contributed by atoms with Crippen molar-refractivity contribution in [2.24, 2.45) is 0 Å². The number of fused-ring (bicyclic) bond motifs is 1. The highest BCUT2D eigenvalue weighted by Gasteiger charge is 2.15. The molecule has 0 aliphatic heterocycles. The molecule has 0 radical (unpaired) electrons. The number of para-hydroxylation sites is 1. The summed E-state index contributed by atoms with van der Waals surface area (Å²) in [4.78, 5) is 8.70. The largest absolute Gasteiger partial charge is 0.383 e. The van der Waals surface area contributed by atoms with Gasteiger partial charge in [-0.2, -0.15) is 5.26 Å². The number of nitrogens with one attached hydrogen (secondary N) is 1. The fraction of sp³-hybridized carbons (Fsp3) is 0. The van der Waals surface area contributed by atoms with Gasteiger partial charge in [-0.15, -0.1) is 11.3 Å². The summed E-state index contributed by atoms with van der Waals surface area (Å²) in [6, 6.07) is 16.1. The number of thiophene rings is 1. The molecule has 0 aliphatic rings. The molecule has 23 heavy (non-hydrogen) atoms. The molecule has 3 heterocycles. The Kier molecular flexibility index (Phi) is 3.11. The van der Waals surface area contributed by atoms with E-state index in [1.54, 1.807) is 11.3 Å². The molecule has 0 fully saturated rings. The number of hydrogen-bond acceptors (Lipinski definition) is 4. The maximum atomic E-state index is 9.42. The van der Waals surface area contributed by atoms with Crippen LogP contribution in [0.1, 0.15) is 5.56 Å². The van der Waals surface area contributed by atoms with E-state index in [1.165, 1.54) is 0 Å². The zero-order valence-corrected chi connectivity index (χ0v) is 12.9. The zero-order chi connectivity index (χ0) is 15.8. The highest BCUT2D eigenvalue weighted by Crippen LogP contribution is 2.35. The van der Waals surface area contributed by atoms with Crippen LogP contribution in [0.4, 0.5) is 5.82 Å². The lowest BCUT2D eigenvalue weighted by Crippen LogP contribution is -1.99. The molecule has 0 unspecified atom stereocenters. The zero-order valence-electron chi connectivity index (χ0n) is 12.1. The SMILES string of the molecule is N#Cc1c(-c2cccs2)cc(-c2c[nH]c3ccccc23)nc1N. The maximum Gasteiger partial charge on any atom is 0.142 e. The summed E-state index contributed by atoms with van der Waals surface area (Å²) in [7, 11) is 0. The molecule has 4 rings (SSSR count). The van der Waals surface area contributed by atoms with Crippen molar-refractivity contribution >= 4 is 28.1 Å². The number of H-pyrrole nitrogens is 1. The van der Waals surface area contributed by atoms with Gasteiger partial charge in [0.1, 0.15) is 17.5 Å². The number of nitrogens with two attached hydrogens (primary N) is 1. The van der Waals surface area contributed by atoms with Crippen LogP contribution in [-0.4, -0.2) is 9.97 Å². The molecular formula is C18H12N4S. The Balaban J connectivity index is 1.99. The van der Waals surface area contributed by atoms with Crippen molar-refractivity contribution in [1.29, 1.82) is 5.26 Å². The molecule has 4 nitrogen and oxygen atoms in total. The lowest BCUT2D eigenvalue weighted by atomic mass is 10.0. The first-order chi connectivity index (χ1) is 11.3. The van der Waals surface area contributed by atoms with Crippen molar-refractivity contribution in [1.82, 2.24) is 9.97 Å². The van der Waals surface area contributed by atoms with Gasteiger partial charge in [-0.3, -0.25) is 0 Å². The molecule has 0 saturated heterocycles. The van der Waals surface area contributed by atoms with Crippen LogP contribution in [0.25, 0.3) is 32.6 Å². The summed E-state index contributed by atoms with van der Waals surface area (Å²) in [5, 5.41) is 12.5. The Morgan fingerprint density at radius 1 is 1.13 bits per heavy atom. The number of aromatic nitrogens is 2. The average Bonchev–Trinajstić information content (AvgIpc) is 3.24. The molecule has 5 heteroatoms. The third kappa shape index (κ3) is 2.17. The lowest BCUT2D eigenvalue weighted by molar-refractivity contribution is 1.31. The van der Waals surface area contributed by atoms with Crippen LogP contribution in [0, 0.1) is 11.3 Å². The first-order valence-corrected chi connectivity index (χ1v) is 7.97. The molecule has 4 aromatic rings. The third-order valence-electron chi connectivity index (χ3n) is 3.81. The average molecular weight is 316 g/mol. The number of nitriles is 1. The summed E-state index contributed by atoms with van der Waals surface area (Å²) >= 11 is 1.58. The van der Waals surface area contributed by atoms with E-state index >= 15 is 0 Å². The lowest BCUT2D eigenvalue weighted by Gasteiger charge is -2.08. The third-order valence-corrected chi connectivity index (χ3v) is 4.71. The van der Waals surface area contributed by atoms with Crippen molar-refractivity contribution in [3.8, 4) is 27.8 Å². The number of hydrogen-bond donors (Lipinski definition) is 2. The second-order valence-electron chi connectivity index (χ2n) is 5.15. The van der Waals surface area contributed by atoms with Gasteiger partial charge in [0.2, 0.25) is 0 Å². The molecule has 3 aromatic heterocycles. The Morgan fingerprint density at radius 3 is 2.78 bits per heavy atom. The highest BCUT2D eigenvalue weighted by atomic mass is 32.1. The number of benzene rings is 1. The van der Waals surface area contributed by atoms with Gasteiger partial charge in [0.05, 0.1) is 5.69 Å². The van der Waals surface area contributed by atoms with Gasteiger partial charge in [0, 0.05) is 33.1 Å². The Morgan fingerprint density at radius 2 is 2.00 bits per heavy atom. The van der Waals surface area contributed by atoms with Crippen LogP contribution in [0.3, 0.4) is 0 Å². The normalized spacial score (nSPS) is 10.7. The van der Waals surface area contributed by atoms with E-state index in [1.807, 2.05) is 54.0 Å². The predicted molar refractivity (Wildman–Crippen MR) is 94.0 cm³/mol. The van der Waals surface area contributed by atoms with Gasteiger partial charge < -0.3 is 10.7 Å². The minimum absolute atomic E-state index is 0.263. The number of anilines is 1. The monoisotopic (exact) mass is 316 g/mol. The van der Waals surface area contributed by atoms with Crippen LogP contribution in [-0.2, 0) is 0 Å². The summed E-state index contributed by atoms with van der Waals surface area (Å²) < 4.78 is 0. The summed E-state index contributed by atoms with van der Waals surface area (Å²) in [6.07, 6.45) is 1.93. The van der Waals surface area contributed by atoms with Gasteiger partial charge in [-0.1, -0.05) is 24.3 Å². The number of nitrogens with zero attached hydrogens (tertiary/aromatic N) is 2. The van der Waals surface area contributed by atoms with E-state index in [9.17, 15) is 5.26 Å². The van der Waals surface area contributed by atoms with E-state index in [4.69, 9.17) is 5.73 Å². The van der Waals surface area contributed by atoms with E-state index < -0.39 is 0 Å². The van der Waals surface area contributed by atoms with Gasteiger partial charge in [-0.05, 0) is 23.6 Å². The second kappa shape index (κ2) is 5.27. The second-order valence-corrected chi connectivity index (χ2v) is 6.10. The van der Waals surface area contributed by atoms with Crippen molar-refractivity contribution < 1.29 is 0 Å². The molecule has 0 amide bonds. The summed E-state index contributed by atoms with van der Waals surface area (Å²) in [5.41, 5.74) is 10.1. The molecule has 0 bridgehead atoms. The topological polar surface area (TPSA) is 78.5 Å². The Labute approximate surface area is 136 Å². The minimum Gasteiger partial charge on any atom is -0.383 e. The number of pyridine rings is 1. The number of nitrogen functional groups attached to an aromatic ring is 1. The molecular weight excluding hydrogens is 304 g/mol. The van der Waals surface area contributed by atoms with Crippen molar-refractivity contribution in [3.63, 3.8) is 0 Å². The molecule has 0 atom stereocenters. The number of aromatic amines is 1. The minimum atomic E-state index is 0.263. The van der Waals surface area contributed by atoms with E-state index in [2.05, 4.69) is 16.0 Å². The van der Waals surface area contributed by atoms with Gasteiger partial charge in [0.25, 0.3) is 0 Å². The van der Waals surface area contributed by atoms with E-state index in [0.29, 0.717) is 5.56 Å². The fourth-order valence-corrected chi connectivity index (χ4v) is 3.48. The molecule has 1 aromatic carbocycles. The van der Waals surface area contributed by atoms with Crippen molar-refractivity contribution in [2.45, 2.75) is 0 Å².